The third-order valence-corrected chi connectivity index (χ3v) is 7.63. The lowest BCUT2D eigenvalue weighted by atomic mass is 9.95. The number of aryl methyl sites for hydroxylation is 1. The molecule has 4 unspecified atom stereocenters. The first-order chi connectivity index (χ1) is 18.9. The Kier molecular flexibility index (Phi) is 6.54. The maximum absolute atomic E-state index is 14.1. The number of fused-ring (bicyclic) bond motifs is 1. The van der Waals surface area contributed by atoms with E-state index >= 15 is 0 Å². The van der Waals surface area contributed by atoms with Gasteiger partial charge in [-0.05, 0) is 37.3 Å². The van der Waals surface area contributed by atoms with Crippen molar-refractivity contribution in [2.45, 2.75) is 37.7 Å². The van der Waals surface area contributed by atoms with Crippen LogP contribution in [0.15, 0.2) is 42.9 Å². The summed E-state index contributed by atoms with van der Waals surface area (Å²) in [5.74, 6) is -1.97. The first-order valence-electron chi connectivity index (χ1n) is 12.0. The molecular weight excluding hydrogens is 532 g/mol. The van der Waals surface area contributed by atoms with Gasteiger partial charge in [-0.1, -0.05) is 5.21 Å². The average Bonchev–Trinajstić information content (AvgIpc) is 3.69. The molecular formula is C25H23F2N7O4S. The van der Waals surface area contributed by atoms with Crippen molar-refractivity contribution in [1.29, 1.82) is 0 Å². The molecule has 0 amide bonds. The molecule has 3 aromatic heterocycles. The summed E-state index contributed by atoms with van der Waals surface area (Å²) in [6, 6.07) is 7.40. The van der Waals surface area contributed by atoms with Crippen LogP contribution in [0.25, 0.3) is 27.2 Å². The second kappa shape index (κ2) is 10.0. The number of benzene rings is 2. The van der Waals surface area contributed by atoms with E-state index in [1.165, 1.54) is 30.4 Å². The van der Waals surface area contributed by atoms with Gasteiger partial charge in [0.05, 0.1) is 46.9 Å². The zero-order valence-electron chi connectivity index (χ0n) is 20.8. The Bertz CT molecular complexity index is 1650. The molecule has 6 rings (SSSR count). The van der Waals surface area contributed by atoms with Gasteiger partial charge >= 0.3 is 0 Å². The van der Waals surface area contributed by atoms with Gasteiger partial charge in [0.25, 0.3) is 0 Å². The van der Waals surface area contributed by atoms with Crippen molar-refractivity contribution in [3.05, 3.63) is 65.3 Å². The molecule has 14 heteroatoms. The van der Waals surface area contributed by atoms with Gasteiger partial charge in [-0.3, -0.25) is 0 Å². The Morgan fingerprint density at radius 1 is 1.23 bits per heavy atom. The number of methoxy groups -OCH3 is 1. The molecule has 4 heterocycles. The Morgan fingerprint density at radius 2 is 2.08 bits per heavy atom. The summed E-state index contributed by atoms with van der Waals surface area (Å²) >= 11 is 1.57. The fraction of sp³-hybridized carbons (Fsp3) is 0.320. The SMILES string of the molecule is COc1cc(-c2cn(C3CC(c4ncnn4-c4ccc5nc(C)sc5c4)OC(CO)C3O)nn2)cc(F)c1F. The minimum absolute atomic E-state index is 0.224. The van der Waals surface area contributed by atoms with Crippen LogP contribution in [-0.4, -0.2) is 70.9 Å². The molecule has 39 heavy (non-hydrogen) atoms. The molecule has 2 N–H and O–H groups in total. The molecule has 5 aromatic rings. The van der Waals surface area contributed by atoms with Gasteiger partial charge < -0.3 is 19.7 Å². The Labute approximate surface area is 224 Å². The lowest BCUT2D eigenvalue weighted by Crippen LogP contribution is -2.45. The van der Waals surface area contributed by atoms with E-state index in [-0.39, 0.29) is 23.4 Å². The van der Waals surface area contributed by atoms with Crippen LogP contribution >= 0.6 is 11.3 Å². The maximum atomic E-state index is 14.1. The van der Waals surface area contributed by atoms with Crippen molar-refractivity contribution < 1.29 is 28.5 Å². The second-order valence-electron chi connectivity index (χ2n) is 9.11. The van der Waals surface area contributed by atoms with Crippen molar-refractivity contribution in [2.24, 2.45) is 0 Å². The van der Waals surface area contributed by atoms with E-state index in [1.54, 1.807) is 16.0 Å². The van der Waals surface area contributed by atoms with Crippen molar-refractivity contribution >= 4 is 21.6 Å². The fourth-order valence-corrected chi connectivity index (χ4v) is 5.66. The number of hydrogen-bond acceptors (Lipinski definition) is 10. The first kappa shape index (κ1) is 25.4. The van der Waals surface area contributed by atoms with Gasteiger partial charge in [0.15, 0.2) is 17.4 Å². The highest BCUT2D eigenvalue weighted by Gasteiger charge is 2.41. The number of rotatable bonds is 6. The van der Waals surface area contributed by atoms with Gasteiger partial charge in [-0.15, -0.1) is 16.4 Å². The van der Waals surface area contributed by atoms with Gasteiger partial charge in [-0.25, -0.2) is 23.7 Å². The minimum atomic E-state index is -1.13. The minimum Gasteiger partial charge on any atom is -0.494 e. The lowest BCUT2D eigenvalue weighted by molar-refractivity contribution is -0.161. The molecule has 11 nitrogen and oxygen atoms in total. The predicted octanol–water partition coefficient (Wildman–Crippen LogP) is 3.16. The molecule has 1 saturated heterocycles. The summed E-state index contributed by atoms with van der Waals surface area (Å²) in [6.45, 7) is 1.50. The summed E-state index contributed by atoms with van der Waals surface area (Å²) in [4.78, 5) is 8.92. The van der Waals surface area contributed by atoms with Crippen LogP contribution in [0.2, 0.25) is 0 Å². The van der Waals surface area contributed by atoms with Crippen LogP contribution in [0.5, 0.6) is 5.75 Å². The zero-order chi connectivity index (χ0) is 27.3. The Hall–Kier alpha value is -3.85. The van der Waals surface area contributed by atoms with Crippen molar-refractivity contribution in [1.82, 2.24) is 34.7 Å². The van der Waals surface area contributed by atoms with Crippen molar-refractivity contribution in [3.8, 4) is 22.7 Å². The summed E-state index contributed by atoms with van der Waals surface area (Å²) in [5, 5.41) is 34.5. The van der Waals surface area contributed by atoms with Crippen LogP contribution in [0, 0.1) is 18.6 Å². The van der Waals surface area contributed by atoms with E-state index in [0.717, 1.165) is 27.0 Å². The molecule has 1 aliphatic heterocycles. The van der Waals surface area contributed by atoms with E-state index in [9.17, 15) is 19.0 Å². The quantitative estimate of drug-likeness (QED) is 0.324. The largest absolute Gasteiger partial charge is 0.494 e. The van der Waals surface area contributed by atoms with E-state index in [1.807, 2.05) is 25.1 Å². The molecule has 1 aliphatic rings. The topological polar surface area (TPSA) is 133 Å². The standard InChI is InChI=1S/C25H23F2N7O4S/c1-12-30-16-4-3-14(7-22(16)39-12)34-25(28-11-29-34)20-8-18(24(36)21(10-35)38-20)33-9-17(31-32-33)13-5-15(26)23(27)19(6-13)37-2/h3-7,9,11,18,20-21,24,35-36H,8,10H2,1-2H3. The fourth-order valence-electron chi connectivity index (χ4n) is 4.80. The number of aromatic nitrogens is 7. The maximum Gasteiger partial charge on any atom is 0.200 e. The Morgan fingerprint density at radius 3 is 2.87 bits per heavy atom. The number of nitrogens with zero attached hydrogens (tertiary/aromatic N) is 7. The molecule has 1 fully saturated rings. The smallest absolute Gasteiger partial charge is 0.200 e. The van der Waals surface area contributed by atoms with E-state index < -0.39 is 42.6 Å². The number of hydrogen-bond donors (Lipinski definition) is 2. The molecule has 0 saturated carbocycles. The summed E-state index contributed by atoms with van der Waals surface area (Å²) in [6.07, 6.45) is 0.422. The Balaban J connectivity index is 1.32. The van der Waals surface area contributed by atoms with Gasteiger partial charge in [0.2, 0.25) is 5.82 Å². The third-order valence-electron chi connectivity index (χ3n) is 6.70. The first-order valence-corrected chi connectivity index (χ1v) is 12.8. The summed E-state index contributed by atoms with van der Waals surface area (Å²) < 4.78 is 43.0. The lowest BCUT2D eigenvalue weighted by Gasteiger charge is -2.38. The second-order valence-corrected chi connectivity index (χ2v) is 10.3. The predicted molar refractivity (Wildman–Crippen MR) is 136 cm³/mol. The number of ether oxygens (including phenoxy) is 2. The van der Waals surface area contributed by atoms with Crippen molar-refractivity contribution in [3.63, 3.8) is 0 Å². The van der Waals surface area contributed by atoms with Gasteiger partial charge in [0.1, 0.15) is 30.3 Å². The highest BCUT2D eigenvalue weighted by Crippen LogP contribution is 2.38. The molecule has 2 aromatic carbocycles. The highest BCUT2D eigenvalue weighted by molar-refractivity contribution is 7.18. The van der Waals surface area contributed by atoms with Crippen LogP contribution in [0.3, 0.4) is 0 Å². The number of thiazole rings is 1. The molecule has 4 atom stereocenters. The molecule has 0 bridgehead atoms. The summed E-state index contributed by atoms with van der Waals surface area (Å²) in [7, 11) is 1.24. The number of aliphatic hydroxyl groups excluding tert-OH is 2. The van der Waals surface area contributed by atoms with Crippen LogP contribution < -0.4 is 4.74 Å². The molecule has 0 radical (unpaired) electrons. The molecule has 0 spiro atoms. The average molecular weight is 556 g/mol. The van der Waals surface area contributed by atoms with Gasteiger partial charge in [-0.2, -0.15) is 9.49 Å². The highest BCUT2D eigenvalue weighted by atomic mass is 32.1. The number of halogens is 2. The molecule has 202 valence electrons. The van der Waals surface area contributed by atoms with Crippen LogP contribution in [0.1, 0.15) is 29.4 Å². The van der Waals surface area contributed by atoms with E-state index in [4.69, 9.17) is 9.47 Å². The third kappa shape index (κ3) is 4.54. The van der Waals surface area contributed by atoms with Crippen LogP contribution in [-0.2, 0) is 4.74 Å². The normalized spacial score (nSPS) is 21.5. The van der Waals surface area contributed by atoms with Crippen LogP contribution in [0.4, 0.5) is 8.78 Å². The molecule has 0 aliphatic carbocycles. The number of aliphatic hydroxyl groups is 2. The van der Waals surface area contributed by atoms with E-state index in [2.05, 4.69) is 25.4 Å². The van der Waals surface area contributed by atoms with Crippen molar-refractivity contribution in [2.75, 3.05) is 13.7 Å². The van der Waals surface area contributed by atoms with Gasteiger partial charge in [0, 0.05) is 12.0 Å². The monoisotopic (exact) mass is 555 g/mol. The zero-order valence-corrected chi connectivity index (χ0v) is 21.6. The summed E-state index contributed by atoms with van der Waals surface area (Å²) in [5.41, 5.74) is 2.16. The van der Waals surface area contributed by atoms with E-state index in [0.29, 0.717) is 5.82 Å².